The first-order valence-corrected chi connectivity index (χ1v) is 6.24. The number of nitrogens with zero attached hydrogens (tertiary/aromatic N) is 1. The van der Waals surface area contributed by atoms with Crippen molar-refractivity contribution in [2.24, 2.45) is 0 Å². The lowest BCUT2D eigenvalue weighted by molar-refractivity contribution is -0.324. The molecule has 0 N–H and O–H groups in total. The van der Waals surface area contributed by atoms with Crippen molar-refractivity contribution < 1.29 is 23.7 Å². The normalized spacial score (nSPS) is 26.4. The van der Waals surface area contributed by atoms with Crippen molar-refractivity contribution in [2.45, 2.75) is 25.9 Å². The largest absolute Gasteiger partial charge is 0.491 e. The molecule has 6 nitrogen and oxygen atoms in total. The van der Waals surface area contributed by atoms with E-state index in [0.717, 1.165) is 0 Å². The molecule has 0 amide bonds. The first-order chi connectivity index (χ1) is 9.17. The number of pyridine rings is 1. The molecule has 0 bridgehead atoms. The van der Waals surface area contributed by atoms with Crippen molar-refractivity contribution in [3.8, 4) is 11.6 Å². The van der Waals surface area contributed by atoms with Crippen LogP contribution in [0.15, 0.2) is 18.3 Å². The van der Waals surface area contributed by atoms with E-state index in [1.54, 1.807) is 32.4 Å². The van der Waals surface area contributed by atoms with Crippen molar-refractivity contribution in [2.75, 3.05) is 26.9 Å². The van der Waals surface area contributed by atoms with Crippen LogP contribution in [0, 0.1) is 0 Å². The summed E-state index contributed by atoms with van der Waals surface area (Å²) in [6.45, 7) is 4.91. The highest BCUT2D eigenvalue weighted by molar-refractivity contribution is 5.32. The standard InChI is InChI=1S/C13H19NO5/c1-4-17-13(2)18-9-10(19-13)8-16-12-11(15-3)6-5-7-14-12/h5-7,10H,4,8-9H2,1-3H3. The highest BCUT2D eigenvalue weighted by Gasteiger charge is 2.38. The summed E-state index contributed by atoms with van der Waals surface area (Å²) in [4.78, 5) is 4.11. The Morgan fingerprint density at radius 2 is 2.37 bits per heavy atom. The number of aromatic nitrogens is 1. The number of methoxy groups -OCH3 is 1. The summed E-state index contributed by atoms with van der Waals surface area (Å²) in [6, 6.07) is 3.58. The van der Waals surface area contributed by atoms with Gasteiger partial charge in [0, 0.05) is 19.7 Å². The predicted octanol–water partition coefficient (Wildman–Crippen LogP) is 1.59. The minimum Gasteiger partial charge on any atom is -0.491 e. The lowest BCUT2D eigenvalue weighted by Gasteiger charge is -2.22. The third kappa shape index (κ3) is 3.56. The Labute approximate surface area is 112 Å². The highest BCUT2D eigenvalue weighted by Crippen LogP contribution is 2.27. The van der Waals surface area contributed by atoms with Gasteiger partial charge in [0.1, 0.15) is 12.7 Å². The van der Waals surface area contributed by atoms with Crippen LogP contribution in [0.3, 0.4) is 0 Å². The molecule has 1 aromatic rings. The molecule has 2 rings (SSSR count). The molecule has 19 heavy (non-hydrogen) atoms. The molecule has 0 aliphatic carbocycles. The summed E-state index contributed by atoms with van der Waals surface area (Å²) in [5, 5.41) is 0. The van der Waals surface area contributed by atoms with Crippen LogP contribution < -0.4 is 9.47 Å². The molecule has 0 radical (unpaired) electrons. The van der Waals surface area contributed by atoms with E-state index in [0.29, 0.717) is 31.5 Å². The fourth-order valence-electron chi connectivity index (χ4n) is 1.85. The average Bonchev–Trinajstić information content (AvgIpc) is 2.79. The van der Waals surface area contributed by atoms with Crippen LogP contribution in [-0.2, 0) is 14.2 Å². The molecule has 0 saturated carbocycles. The Balaban J connectivity index is 1.87. The quantitative estimate of drug-likeness (QED) is 0.781. The summed E-state index contributed by atoms with van der Waals surface area (Å²) in [7, 11) is 1.57. The van der Waals surface area contributed by atoms with Crippen LogP contribution in [0.25, 0.3) is 0 Å². The summed E-state index contributed by atoms with van der Waals surface area (Å²) in [5.74, 6) is 0.0596. The molecule has 6 heteroatoms. The Morgan fingerprint density at radius 3 is 3.11 bits per heavy atom. The number of hydrogen-bond acceptors (Lipinski definition) is 6. The van der Waals surface area contributed by atoms with Gasteiger partial charge in [-0.3, -0.25) is 0 Å². The van der Waals surface area contributed by atoms with Crippen molar-refractivity contribution in [3.05, 3.63) is 18.3 Å². The second-order valence-corrected chi connectivity index (χ2v) is 4.17. The summed E-state index contributed by atoms with van der Waals surface area (Å²) in [5.41, 5.74) is 0. The second-order valence-electron chi connectivity index (χ2n) is 4.17. The fourth-order valence-corrected chi connectivity index (χ4v) is 1.85. The van der Waals surface area contributed by atoms with Gasteiger partial charge in [-0.05, 0) is 19.1 Å². The lowest BCUT2D eigenvalue weighted by atomic mass is 10.4. The van der Waals surface area contributed by atoms with Gasteiger partial charge in [-0.2, -0.15) is 0 Å². The molecule has 1 aliphatic rings. The van der Waals surface area contributed by atoms with Crippen molar-refractivity contribution in [1.82, 2.24) is 4.98 Å². The van der Waals surface area contributed by atoms with Crippen LogP contribution in [0.1, 0.15) is 13.8 Å². The molecule has 2 unspecified atom stereocenters. The molecule has 1 fully saturated rings. The zero-order valence-electron chi connectivity index (χ0n) is 11.4. The lowest BCUT2D eigenvalue weighted by Crippen LogP contribution is -2.31. The van der Waals surface area contributed by atoms with Gasteiger partial charge in [0.25, 0.3) is 11.9 Å². The Hall–Kier alpha value is -1.37. The van der Waals surface area contributed by atoms with Crippen LogP contribution in [0.2, 0.25) is 0 Å². The molecule has 2 heterocycles. The first kappa shape index (κ1) is 14.0. The minimum atomic E-state index is -0.975. The van der Waals surface area contributed by atoms with E-state index in [4.69, 9.17) is 23.7 Å². The Kier molecular flexibility index (Phi) is 4.57. The molecule has 106 valence electrons. The van der Waals surface area contributed by atoms with Gasteiger partial charge in [-0.25, -0.2) is 4.98 Å². The number of ether oxygens (including phenoxy) is 5. The molecular weight excluding hydrogens is 250 g/mol. The van der Waals surface area contributed by atoms with Gasteiger partial charge >= 0.3 is 0 Å². The molecule has 1 saturated heterocycles. The van der Waals surface area contributed by atoms with Gasteiger partial charge in [0.15, 0.2) is 5.75 Å². The third-order valence-electron chi connectivity index (χ3n) is 2.68. The molecular formula is C13H19NO5. The topological polar surface area (TPSA) is 59.0 Å². The van der Waals surface area contributed by atoms with Crippen LogP contribution in [-0.4, -0.2) is 44.0 Å². The number of rotatable bonds is 6. The molecule has 1 aliphatic heterocycles. The van der Waals surface area contributed by atoms with E-state index >= 15 is 0 Å². The zero-order valence-corrected chi connectivity index (χ0v) is 11.4. The average molecular weight is 269 g/mol. The maximum Gasteiger partial charge on any atom is 0.280 e. The van der Waals surface area contributed by atoms with E-state index < -0.39 is 5.97 Å². The van der Waals surface area contributed by atoms with Gasteiger partial charge in [0.2, 0.25) is 0 Å². The summed E-state index contributed by atoms with van der Waals surface area (Å²) < 4.78 is 27.2. The molecule has 0 aromatic carbocycles. The van der Waals surface area contributed by atoms with Crippen LogP contribution in [0.5, 0.6) is 11.6 Å². The van der Waals surface area contributed by atoms with Crippen molar-refractivity contribution >= 4 is 0 Å². The minimum absolute atomic E-state index is 0.191. The maximum atomic E-state index is 5.65. The zero-order chi connectivity index (χ0) is 13.7. The van der Waals surface area contributed by atoms with Crippen LogP contribution in [0.4, 0.5) is 0 Å². The van der Waals surface area contributed by atoms with Gasteiger partial charge < -0.3 is 23.7 Å². The van der Waals surface area contributed by atoms with E-state index in [-0.39, 0.29) is 6.10 Å². The molecule has 2 atom stereocenters. The Bertz CT molecular complexity index is 414. The van der Waals surface area contributed by atoms with Gasteiger partial charge in [-0.1, -0.05) is 0 Å². The second kappa shape index (κ2) is 6.18. The fraction of sp³-hybridized carbons (Fsp3) is 0.615. The van der Waals surface area contributed by atoms with E-state index in [1.165, 1.54) is 0 Å². The Morgan fingerprint density at radius 1 is 1.53 bits per heavy atom. The van der Waals surface area contributed by atoms with E-state index in [2.05, 4.69) is 4.98 Å². The van der Waals surface area contributed by atoms with E-state index in [9.17, 15) is 0 Å². The third-order valence-corrected chi connectivity index (χ3v) is 2.68. The van der Waals surface area contributed by atoms with E-state index in [1.807, 2.05) is 6.92 Å². The molecule has 0 spiro atoms. The monoisotopic (exact) mass is 269 g/mol. The first-order valence-electron chi connectivity index (χ1n) is 6.24. The summed E-state index contributed by atoms with van der Waals surface area (Å²) in [6.07, 6.45) is 1.46. The maximum absolute atomic E-state index is 5.65. The van der Waals surface area contributed by atoms with Crippen LogP contribution >= 0.6 is 0 Å². The van der Waals surface area contributed by atoms with Crippen molar-refractivity contribution in [3.63, 3.8) is 0 Å². The summed E-state index contributed by atoms with van der Waals surface area (Å²) >= 11 is 0. The smallest absolute Gasteiger partial charge is 0.280 e. The number of hydrogen-bond donors (Lipinski definition) is 0. The molecule has 1 aromatic heterocycles. The van der Waals surface area contributed by atoms with Gasteiger partial charge in [0.05, 0.1) is 13.7 Å². The van der Waals surface area contributed by atoms with Crippen molar-refractivity contribution in [1.29, 1.82) is 0 Å². The van der Waals surface area contributed by atoms with Gasteiger partial charge in [-0.15, -0.1) is 0 Å². The SMILES string of the molecule is CCOC1(C)OCC(COc2ncccc2OC)O1. The highest BCUT2D eigenvalue weighted by atomic mass is 16.9. The predicted molar refractivity (Wildman–Crippen MR) is 67.1 cm³/mol.